The smallest absolute Gasteiger partial charge is 0.335 e. The minimum Gasteiger partial charge on any atom is -0.478 e. The number of benzene rings is 1. The molecule has 1 aromatic rings. The van der Waals surface area contributed by atoms with Crippen molar-refractivity contribution < 1.29 is 15.0 Å². The number of hydrogen-bond donors (Lipinski definition) is 2. The van der Waals surface area contributed by atoms with Crippen LogP contribution in [0.4, 0.5) is 0 Å². The first kappa shape index (κ1) is 14.0. The second-order valence-corrected chi connectivity index (χ2v) is 5.14. The largest absolute Gasteiger partial charge is 0.478 e. The van der Waals surface area contributed by atoms with E-state index in [1.54, 1.807) is 18.2 Å². The molecule has 2 rings (SSSR count). The normalized spacial score (nSPS) is 19.7. The van der Waals surface area contributed by atoms with Gasteiger partial charge in [0.05, 0.1) is 5.56 Å². The lowest BCUT2D eigenvalue weighted by Gasteiger charge is -2.24. The number of carboxylic acids is 1. The standard InChI is InChI=1S/C15H21NO3/c17-9-3-7-14-6-2-8-16(14)11-12-4-1-5-13(10-12)15(18)19/h1,4-5,10,14,17H,2-3,6-9,11H2,(H,18,19). The highest BCUT2D eigenvalue weighted by Crippen LogP contribution is 2.23. The minimum atomic E-state index is -0.875. The van der Waals surface area contributed by atoms with Crippen LogP contribution in [-0.2, 0) is 6.54 Å². The molecular formula is C15H21NO3. The third-order valence-corrected chi connectivity index (χ3v) is 3.75. The summed E-state index contributed by atoms with van der Waals surface area (Å²) >= 11 is 0. The van der Waals surface area contributed by atoms with Gasteiger partial charge in [0.25, 0.3) is 0 Å². The van der Waals surface area contributed by atoms with E-state index >= 15 is 0 Å². The number of aliphatic hydroxyl groups excluding tert-OH is 1. The highest BCUT2D eigenvalue weighted by atomic mass is 16.4. The lowest BCUT2D eigenvalue weighted by molar-refractivity contribution is 0.0696. The topological polar surface area (TPSA) is 60.8 Å². The van der Waals surface area contributed by atoms with Crippen molar-refractivity contribution in [2.24, 2.45) is 0 Å². The van der Waals surface area contributed by atoms with Gasteiger partial charge >= 0.3 is 5.97 Å². The third-order valence-electron chi connectivity index (χ3n) is 3.75. The number of nitrogens with zero attached hydrogens (tertiary/aromatic N) is 1. The average molecular weight is 263 g/mol. The van der Waals surface area contributed by atoms with Gasteiger partial charge in [0.15, 0.2) is 0 Å². The summed E-state index contributed by atoms with van der Waals surface area (Å²) in [6, 6.07) is 7.69. The maximum atomic E-state index is 11.0. The quantitative estimate of drug-likeness (QED) is 0.825. The fraction of sp³-hybridized carbons (Fsp3) is 0.533. The highest BCUT2D eigenvalue weighted by Gasteiger charge is 2.23. The van der Waals surface area contributed by atoms with Crippen molar-refractivity contribution in [3.8, 4) is 0 Å². The van der Waals surface area contributed by atoms with Crippen LogP contribution in [0.3, 0.4) is 0 Å². The van der Waals surface area contributed by atoms with Gasteiger partial charge in [-0.15, -0.1) is 0 Å². The van der Waals surface area contributed by atoms with E-state index in [0.29, 0.717) is 11.6 Å². The van der Waals surface area contributed by atoms with Gasteiger partial charge in [0, 0.05) is 19.2 Å². The van der Waals surface area contributed by atoms with E-state index in [4.69, 9.17) is 10.2 Å². The zero-order chi connectivity index (χ0) is 13.7. The Labute approximate surface area is 113 Å². The first-order valence-electron chi connectivity index (χ1n) is 6.88. The van der Waals surface area contributed by atoms with Gasteiger partial charge in [-0.05, 0) is 49.9 Å². The summed E-state index contributed by atoms with van der Waals surface area (Å²) in [4.78, 5) is 13.4. The summed E-state index contributed by atoms with van der Waals surface area (Å²) < 4.78 is 0. The number of likely N-dealkylation sites (tertiary alicyclic amines) is 1. The Balaban J connectivity index is 1.99. The molecule has 4 heteroatoms. The molecule has 1 fully saturated rings. The molecular weight excluding hydrogens is 242 g/mol. The van der Waals surface area contributed by atoms with Crippen LogP contribution in [-0.4, -0.2) is 40.3 Å². The molecule has 0 bridgehead atoms. The first-order chi connectivity index (χ1) is 9.20. The Morgan fingerprint density at radius 2 is 2.26 bits per heavy atom. The van der Waals surface area contributed by atoms with E-state index in [-0.39, 0.29) is 6.61 Å². The van der Waals surface area contributed by atoms with Gasteiger partial charge in [0.2, 0.25) is 0 Å². The van der Waals surface area contributed by atoms with Crippen LogP contribution in [0.25, 0.3) is 0 Å². The molecule has 0 radical (unpaired) electrons. The van der Waals surface area contributed by atoms with Crippen LogP contribution in [0.1, 0.15) is 41.6 Å². The number of hydrogen-bond acceptors (Lipinski definition) is 3. The Morgan fingerprint density at radius 3 is 3.00 bits per heavy atom. The van der Waals surface area contributed by atoms with E-state index < -0.39 is 5.97 Å². The Kier molecular flexibility index (Phi) is 4.93. The lowest BCUT2D eigenvalue weighted by Crippen LogP contribution is -2.29. The molecule has 1 aromatic carbocycles. The Morgan fingerprint density at radius 1 is 1.42 bits per heavy atom. The number of aromatic carboxylic acids is 1. The van der Waals surface area contributed by atoms with E-state index in [1.807, 2.05) is 6.07 Å². The maximum absolute atomic E-state index is 11.0. The van der Waals surface area contributed by atoms with E-state index in [0.717, 1.165) is 31.5 Å². The number of carboxylic acid groups (broad SMARTS) is 1. The number of aliphatic hydroxyl groups is 1. The fourth-order valence-electron chi connectivity index (χ4n) is 2.79. The summed E-state index contributed by atoms with van der Waals surface area (Å²) in [5, 5.41) is 17.9. The lowest BCUT2D eigenvalue weighted by atomic mass is 10.1. The van der Waals surface area contributed by atoms with Gasteiger partial charge in [-0.25, -0.2) is 4.79 Å². The molecule has 1 heterocycles. The maximum Gasteiger partial charge on any atom is 0.335 e. The van der Waals surface area contributed by atoms with Gasteiger partial charge in [-0.2, -0.15) is 0 Å². The molecule has 2 N–H and O–H groups in total. The van der Waals surface area contributed by atoms with Crippen LogP contribution in [0.5, 0.6) is 0 Å². The van der Waals surface area contributed by atoms with Crippen LogP contribution >= 0.6 is 0 Å². The second-order valence-electron chi connectivity index (χ2n) is 5.14. The predicted molar refractivity (Wildman–Crippen MR) is 73.2 cm³/mol. The van der Waals surface area contributed by atoms with Gasteiger partial charge in [-0.3, -0.25) is 4.90 Å². The zero-order valence-electron chi connectivity index (χ0n) is 11.1. The molecule has 0 aliphatic carbocycles. The molecule has 1 aliphatic heterocycles. The predicted octanol–water partition coefficient (Wildman–Crippen LogP) is 2.12. The second kappa shape index (κ2) is 6.68. The SMILES string of the molecule is O=C(O)c1cccc(CN2CCCC2CCCO)c1. The van der Waals surface area contributed by atoms with Crippen molar-refractivity contribution >= 4 is 5.97 Å². The zero-order valence-corrected chi connectivity index (χ0v) is 11.1. The van der Waals surface area contributed by atoms with Crippen LogP contribution in [0, 0.1) is 0 Å². The number of rotatable bonds is 6. The summed E-state index contributed by atoms with van der Waals surface area (Å²) in [7, 11) is 0. The van der Waals surface area contributed by atoms with Crippen molar-refractivity contribution in [2.45, 2.75) is 38.3 Å². The summed E-state index contributed by atoms with van der Waals surface area (Å²) in [6.45, 7) is 2.11. The monoisotopic (exact) mass is 263 g/mol. The molecule has 1 atom stereocenters. The van der Waals surface area contributed by atoms with Crippen molar-refractivity contribution in [1.29, 1.82) is 0 Å². The molecule has 104 valence electrons. The molecule has 1 saturated heterocycles. The molecule has 1 aliphatic rings. The summed E-state index contributed by atoms with van der Waals surface area (Å²) in [5.74, 6) is -0.875. The Hall–Kier alpha value is -1.39. The molecule has 4 nitrogen and oxygen atoms in total. The average Bonchev–Trinajstić information content (AvgIpc) is 2.84. The highest BCUT2D eigenvalue weighted by molar-refractivity contribution is 5.87. The fourth-order valence-corrected chi connectivity index (χ4v) is 2.79. The molecule has 0 amide bonds. The molecule has 0 saturated carbocycles. The Bertz CT molecular complexity index is 433. The van der Waals surface area contributed by atoms with Crippen LogP contribution < -0.4 is 0 Å². The van der Waals surface area contributed by atoms with Crippen molar-refractivity contribution in [1.82, 2.24) is 4.90 Å². The van der Waals surface area contributed by atoms with Crippen LogP contribution in [0.2, 0.25) is 0 Å². The van der Waals surface area contributed by atoms with E-state index in [9.17, 15) is 4.79 Å². The first-order valence-corrected chi connectivity index (χ1v) is 6.88. The summed E-state index contributed by atoms with van der Waals surface area (Å²) in [5.41, 5.74) is 1.40. The van der Waals surface area contributed by atoms with E-state index in [1.165, 1.54) is 12.8 Å². The molecule has 0 spiro atoms. The van der Waals surface area contributed by atoms with Crippen LogP contribution in [0.15, 0.2) is 24.3 Å². The van der Waals surface area contributed by atoms with Gasteiger partial charge in [0.1, 0.15) is 0 Å². The van der Waals surface area contributed by atoms with Crippen molar-refractivity contribution in [2.75, 3.05) is 13.2 Å². The van der Waals surface area contributed by atoms with Gasteiger partial charge in [-0.1, -0.05) is 12.1 Å². The summed E-state index contributed by atoms with van der Waals surface area (Å²) in [6.07, 6.45) is 4.23. The molecule has 0 aromatic heterocycles. The molecule has 1 unspecified atom stereocenters. The molecule has 19 heavy (non-hydrogen) atoms. The van der Waals surface area contributed by atoms with Crippen molar-refractivity contribution in [3.63, 3.8) is 0 Å². The minimum absolute atomic E-state index is 0.249. The van der Waals surface area contributed by atoms with Gasteiger partial charge < -0.3 is 10.2 Å². The third kappa shape index (κ3) is 3.78. The van der Waals surface area contributed by atoms with Crippen molar-refractivity contribution in [3.05, 3.63) is 35.4 Å². The number of carbonyl (C=O) groups is 1. The van der Waals surface area contributed by atoms with E-state index in [2.05, 4.69) is 4.90 Å².